The van der Waals surface area contributed by atoms with Crippen LogP contribution in [0, 0.1) is 0 Å². The van der Waals surface area contributed by atoms with E-state index in [2.05, 4.69) is 31.7 Å². The van der Waals surface area contributed by atoms with Crippen molar-refractivity contribution in [1.29, 1.82) is 0 Å². The van der Waals surface area contributed by atoms with E-state index in [1.807, 2.05) is 36.4 Å². The molecule has 0 amide bonds. The fourth-order valence-corrected chi connectivity index (χ4v) is 6.03. The van der Waals surface area contributed by atoms with Crippen LogP contribution in [-0.2, 0) is 9.47 Å². The average Bonchev–Trinajstić information content (AvgIpc) is 3.06. The Bertz CT molecular complexity index is 978. The number of hydrogen-bond acceptors (Lipinski definition) is 10. The Labute approximate surface area is 264 Å². The Morgan fingerprint density at radius 2 is 0.955 bits per heavy atom. The summed E-state index contributed by atoms with van der Waals surface area (Å²) >= 11 is 0. The van der Waals surface area contributed by atoms with Gasteiger partial charge in [0.05, 0.1) is 51.0 Å². The van der Waals surface area contributed by atoms with Crippen LogP contribution < -0.4 is 19.3 Å². The van der Waals surface area contributed by atoms with Crippen LogP contribution in [0.3, 0.4) is 0 Å². The van der Waals surface area contributed by atoms with E-state index >= 15 is 0 Å². The van der Waals surface area contributed by atoms with Crippen molar-refractivity contribution in [3.63, 3.8) is 0 Å². The Kier molecular flexibility index (Phi) is 14.8. The van der Waals surface area contributed by atoms with Gasteiger partial charge in [0.2, 0.25) is 0 Å². The first-order valence-electron chi connectivity index (χ1n) is 16.3. The molecule has 2 unspecified atom stereocenters. The third-order valence-corrected chi connectivity index (χ3v) is 8.48. The minimum Gasteiger partial charge on any atom is -0.495 e. The summed E-state index contributed by atoms with van der Waals surface area (Å²) < 4.78 is 22.5. The lowest BCUT2D eigenvalue weighted by molar-refractivity contribution is 0.0118. The molecule has 0 aromatic heterocycles. The Balaban J connectivity index is 0.945. The number of hydrogen-bond donors (Lipinski definition) is 2. The van der Waals surface area contributed by atoms with Gasteiger partial charge in [0.1, 0.15) is 11.5 Å². The molecule has 2 N–H and O–H groups in total. The maximum absolute atomic E-state index is 10.4. The van der Waals surface area contributed by atoms with Gasteiger partial charge < -0.3 is 39.0 Å². The quantitative estimate of drug-likeness (QED) is 0.230. The predicted molar refractivity (Wildman–Crippen MR) is 175 cm³/mol. The molecule has 0 spiro atoms. The number of anilines is 2. The van der Waals surface area contributed by atoms with Crippen LogP contribution >= 0.6 is 0 Å². The largest absolute Gasteiger partial charge is 0.495 e. The van der Waals surface area contributed by atoms with Gasteiger partial charge in [-0.25, -0.2) is 0 Å². The van der Waals surface area contributed by atoms with Gasteiger partial charge in [-0.05, 0) is 37.1 Å². The van der Waals surface area contributed by atoms with Crippen molar-refractivity contribution in [3.05, 3.63) is 48.5 Å². The summed E-state index contributed by atoms with van der Waals surface area (Å²) in [5.41, 5.74) is 2.27. The number of benzene rings is 2. The van der Waals surface area contributed by atoms with E-state index in [0.29, 0.717) is 39.5 Å². The molecule has 0 saturated carbocycles. The fourth-order valence-electron chi connectivity index (χ4n) is 6.03. The lowest BCUT2D eigenvalue weighted by atomic mass is 10.2. The summed E-state index contributed by atoms with van der Waals surface area (Å²) in [7, 11) is 3.42. The summed E-state index contributed by atoms with van der Waals surface area (Å²) in [5.74, 6) is 1.81. The molecule has 246 valence electrons. The first kappa shape index (κ1) is 34.3. The van der Waals surface area contributed by atoms with E-state index in [1.165, 1.54) is 0 Å². The minimum atomic E-state index is -0.469. The van der Waals surface area contributed by atoms with Crippen LogP contribution in [0.4, 0.5) is 11.4 Å². The molecule has 2 aromatic carbocycles. The van der Waals surface area contributed by atoms with Gasteiger partial charge in [0.15, 0.2) is 0 Å². The van der Waals surface area contributed by atoms with Gasteiger partial charge in [-0.15, -0.1) is 0 Å². The Morgan fingerprint density at radius 1 is 0.568 bits per heavy atom. The highest BCUT2D eigenvalue weighted by molar-refractivity contribution is 5.59. The molecular formula is C34H54N4O6. The van der Waals surface area contributed by atoms with Crippen molar-refractivity contribution >= 4 is 11.4 Å². The standard InChI is InChI=1S/C34H54N4O6/c1-41-33-13-7-5-11-31(33)37-19-15-35(16-20-37)25-29(39)27-43-23-9-3-4-10-24-44-28-30(40)26-36-17-21-38(22-18-36)32-12-6-8-14-34(32)42-2/h5-8,11-14,29-30,39-40H,3-4,9-10,15-28H2,1-2H3. The van der Waals surface area contributed by atoms with Crippen LogP contribution in [0.5, 0.6) is 11.5 Å². The summed E-state index contributed by atoms with van der Waals surface area (Å²) in [6.07, 6.45) is 3.17. The van der Waals surface area contributed by atoms with Crippen molar-refractivity contribution in [3.8, 4) is 11.5 Å². The lowest BCUT2D eigenvalue weighted by Gasteiger charge is -2.37. The number of β-amino-alcohol motifs (C(OH)–C–C–N with tert-alkyl or cyclic N) is 2. The molecule has 2 fully saturated rings. The minimum absolute atomic E-state index is 0.378. The molecule has 2 aliphatic rings. The highest BCUT2D eigenvalue weighted by atomic mass is 16.5. The molecule has 4 rings (SSSR count). The van der Waals surface area contributed by atoms with Crippen LogP contribution in [0.15, 0.2) is 48.5 Å². The van der Waals surface area contributed by atoms with Gasteiger partial charge in [0.25, 0.3) is 0 Å². The molecule has 2 saturated heterocycles. The van der Waals surface area contributed by atoms with Crippen molar-refractivity contribution in [2.75, 3.05) is 116 Å². The maximum atomic E-state index is 10.4. The van der Waals surface area contributed by atoms with Crippen molar-refractivity contribution in [2.24, 2.45) is 0 Å². The van der Waals surface area contributed by atoms with Crippen molar-refractivity contribution in [2.45, 2.75) is 37.9 Å². The molecule has 2 aliphatic heterocycles. The number of aliphatic hydroxyl groups is 2. The number of unbranched alkanes of at least 4 members (excludes halogenated alkanes) is 3. The summed E-state index contributed by atoms with van der Waals surface area (Å²) in [5, 5.41) is 20.9. The summed E-state index contributed by atoms with van der Waals surface area (Å²) in [4.78, 5) is 9.30. The molecule has 2 atom stereocenters. The summed E-state index contributed by atoms with van der Waals surface area (Å²) in [6, 6.07) is 16.3. The van der Waals surface area contributed by atoms with E-state index < -0.39 is 12.2 Å². The molecular weight excluding hydrogens is 560 g/mol. The van der Waals surface area contributed by atoms with Gasteiger partial charge in [-0.3, -0.25) is 9.80 Å². The molecule has 0 radical (unpaired) electrons. The third kappa shape index (κ3) is 11.1. The second-order valence-electron chi connectivity index (χ2n) is 11.8. The zero-order chi connectivity index (χ0) is 31.0. The van der Waals surface area contributed by atoms with Crippen LogP contribution in [-0.4, -0.2) is 138 Å². The Hall–Kier alpha value is -2.60. The zero-order valence-corrected chi connectivity index (χ0v) is 26.8. The maximum Gasteiger partial charge on any atom is 0.142 e. The molecule has 2 heterocycles. The average molecular weight is 615 g/mol. The number of piperazine rings is 2. The van der Waals surface area contributed by atoms with Crippen molar-refractivity contribution < 1.29 is 29.2 Å². The van der Waals surface area contributed by atoms with E-state index in [-0.39, 0.29) is 0 Å². The predicted octanol–water partition coefficient (Wildman–Crippen LogP) is 2.96. The van der Waals surface area contributed by atoms with Crippen molar-refractivity contribution in [1.82, 2.24) is 9.80 Å². The molecule has 2 aromatic rings. The third-order valence-electron chi connectivity index (χ3n) is 8.48. The lowest BCUT2D eigenvalue weighted by Crippen LogP contribution is -2.49. The molecule has 44 heavy (non-hydrogen) atoms. The fraction of sp³-hybridized carbons (Fsp3) is 0.647. The first-order valence-corrected chi connectivity index (χ1v) is 16.3. The zero-order valence-electron chi connectivity index (χ0n) is 26.8. The van der Waals surface area contributed by atoms with Crippen LogP contribution in [0.25, 0.3) is 0 Å². The van der Waals surface area contributed by atoms with Crippen LogP contribution in [0.1, 0.15) is 25.7 Å². The van der Waals surface area contributed by atoms with E-state index in [9.17, 15) is 10.2 Å². The number of aliphatic hydroxyl groups excluding tert-OH is 2. The topological polar surface area (TPSA) is 90.3 Å². The number of rotatable bonds is 19. The second-order valence-corrected chi connectivity index (χ2v) is 11.8. The molecule has 10 heteroatoms. The number of para-hydroxylation sites is 4. The number of ether oxygens (including phenoxy) is 4. The van der Waals surface area contributed by atoms with Gasteiger partial charge >= 0.3 is 0 Å². The van der Waals surface area contributed by atoms with Gasteiger partial charge in [-0.1, -0.05) is 37.1 Å². The van der Waals surface area contributed by atoms with Gasteiger partial charge in [-0.2, -0.15) is 0 Å². The molecule has 0 bridgehead atoms. The van der Waals surface area contributed by atoms with E-state index in [1.54, 1.807) is 14.2 Å². The normalized spacial score (nSPS) is 17.9. The Morgan fingerprint density at radius 3 is 1.34 bits per heavy atom. The second kappa shape index (κ2) is 19.0. The molecule has 10 nitrogen and oxygen atoms in total. The highest BCUT2D eigenvalue weighted by Crippen LogP contribution is 2.29. The van der Waals surface area contributed by atoms with Gasteiger partial charge in [0, 0.05) is 78.7 Å². The van der Waals surface area contributed by atoms with Crippen LogP contribution in [0.2, 0.25) is 0 Å². The highest BCUT2D eigenvalue weighted by Gasteiger charge is 2.22. The molecule has 0 aliphatic carbocycles. The smallest absolute Gasteiger partial charge is 0.142 e. The number of methoxy groups -OCH3 is 2. The number of nitrogens with zero attached hydrogens (tertiary/aromatic N) is 4. The summed E-state index contributed by atoms with van der Waals surface area (Å²) in [6.45, 7) is 10.7. The SMILES string of the molecule is COc1ccccc1N1CCN(CC(O)COCCCCCCOCC(O)CN2CCN(c3ccccc3OC)CC2)CC1. The van der Waals surface area contributed by atoms with E-state index in [4.69, 9.17) is 18.9 Å². The monoisotopic (exact) mass is 614 g/mol. The van der Waals surface area contributed by atoms with E-state index in [0.717, 1.165) is 101 Å². The first-order chi connectivity index (χ1) is 21.6.